The third kappa shape index (κ3) is 3.41. The number of nitrogens with one attached hydrogen (secondary N) is 1. The largest absolute Gasteiger partial charge is 0.497 e. The van der Waals surface area contributed by atoms with Crippen molar-refractivity contribution in [3.05, 3.63) is 18.2 Å². The first-order valence-electron chi connectivity index (χ1n) is 6.37. The average Bonchev–Trinajstić information content (AvgIpc) is 3.28. The monoisotopic (exact) mass is 301 g/mol. The molecule has 112 valence electrons. The van der Waals surface area contributed by atoms with Crippen LogP contribution in [0, 0.1) is 5.92 Å². The van der Waals surface area contributed by atoms with Gasteiger partial charge in [-0.05, 0) is 30.9 Å². The molecule has 1 atom stereocenters. The molecule has 1 aromatic carbocycles. The van der Waals surface area contributed by atoms with Crippen molar-refractivity contribution < 1.29 is 23.0 Å². The predicted octanol–water partition coefficient (Wildman–Crippen LogP) is 0.753. The molecule has 20 heavy (non-hydrogen) atoms. The topological polar surface area (TPSA) is 84.9 Å². The molecular weight excluding hydrogens is 282 g/mol. The fourth-order valence-corrected chi connectivity index (χ4v) is 3.15. The molecule has 0 aromatic heterocycles. The molecule has 1 fully saturated rings. The van der Waals surface area contributed by atoms with Gasteiger partial charge in [0.05, 0.1) is 20.3 Å². The number of aliphatic hydroxyl groups excluding tert-OH is 1. The Morgan fingerprint density at radius 2 is 2.05 bits per heavy atom. The lowest BCUT2D eigenvalue weighted by Gasteiger charge is -2.14. The molecule has 0 aliphatic heterocycles. The molecule has 1 saturated carbocycles. The van der Waals surface area contributed by atoms with Gasteiger partial charge in [-0.2, -0.15) is 0 Å². The minimum absolute atomic E-state index is 0.00217. The van der Waals surface area contributed by atoms with Gasteiger partial charge >= 0.3 is 0 Å². The number of hydrogen-bond acceptors (Lipinski definition) is 5. The molecule has 1 unspecified atom stereocenters. The number of hydrogen-bond donors (Lipinski definition) is 2. The fraction of sp³-hybridized carbons (Fsp3) is 0.538. The van der Waals surface area contributed by atoms with Gasteiger partial charge < -0.3 is 14.6 Å². The smallest absolute Gasteiger partial charge is 0.244 e. The summed E-state index contributed by atoms with van der Waals surface area (Å²) in [5.74, 6) is 0.873. The number of benzene rings is 1. The molecule has 6 nitrogen and oxygen atoms in total. The van der Waals surface area contributed by atoms with Gasteiger partial charge in [0.2, 0.25) is 10.0 Å². The summed E-state index contributed by atoms with van der Waals surface area (Å²) in [6.45, 7) is 0.00731. The van der Waals surface area contributed by atoms with Crippen LogP contribution in [0.25, 0.3) is 0 Å². The quantitative estimate of drug-likeness (QED) is 0.776. The second kappa shape index (κ2) is 5.99. The predicted molar refractivity (Wildman–Crippen MR) is 73.5 cm³/mol. The summed E-state index contributed by atoms with van der Waals surface area (Å²) in [6, 6.07) is 4.55. The highest BCUT2D eigenvalue weighted by atomic mass is 32.2. The van der Waals surface area contributed by atoms with Crippen LogP contribution in [0.5, 0.6) is 11.5 Å². The van der Waals surface area contributed by atoms with Crippen molar-refractivity contribution >= 4 is 10.0 Å². The molecule has 0 amide bonds. The third-order valence-electron chi connectivity index (χ3n) is 3.31. The maximum absolute atomic E-state index is 12.3. The maximum Gasteiger partial charge on any atom is 0.244 e. The standard InChI is InChI=1S/C13H19NO5S/c1-18-10-5-6-12(19-2)13(7-10)20(16,17)14-8-11(15)9-3-4-9/h5-7,9,11,14-15H,3-4,8H2,1-2H3. The van der Waals surface area contributed by atoms with Crippen LogP contribution in [0.4, 0.5) is 0 Å². The van der Waals surface area contributed by atoms with Crippen molar-refractivity contribution in [1.82, 2.24) is 4.72 Å². The molecule has 0 heterocycles. The van der Waals surface area contributed by atoms with Crippen LogP contribution in [0.15, 0.2) is 23.1 Å². The van der Waals surface area contributed by atoms with Crippen LogP contribution < -0.4 is 14.2 Å². The summed E-state index contributed by atoms with van der Waals surface area (Å²) in [4.78, 5) is 0.00217. The molecule has 0 radical (unpaired) electrons. The van der Waals surface area contributed by atoms with Gasteiger partial charge in [0.15, 0.2) is 0 Å². The molecule has 0 bridgehead atoms. The van der Waals surface area contributed by atoms with E-state index >= 15 is 0 Å². The highest BCUT2D eigenvalue weighted by Gasteiger charge is 2.31. The Bertz CT molecular complexity index is 568. The van der Waals surface area contributed by atoms with E-state index in [-0.39, 0.29) is 23.1 Å². The first kappa shape index (κ1) is 15.1. The van der Waals surface area contributed by atoms with E-state index < -0.39 is 16.1 Å². The minimum Gasteiger partial charge on any atom is -0.497 e. The molecule has 1 aliphatic carbocycles. The molecule has 0 spiro atoms. The molecular formula is C13H19NO5S. The van der Waals surface area contributed by atoms with Gasteiger partial charge in [0, 0.05) is 12.6 Å². The van der Waals surface area contributed by atoms with Gasteiger partial charge in [0.1, 0.15) is 16.4 Å². The third-order valence-corrected chi connectivity index (χ3v) is 4.75. The van der Waals surface area contributed by atoms with Gasteiger partial charge in [0.25, 0.3) is 0 Å². The van der Waals surface area contributed by atoms with Crippen LogP contribution in [-0.2, 0) is 10.0 Å². The van der Waals surface area contributed by atoms with E-state index in [0.717, 1.165) is 12.8 Å². The van der Waals surface area contributed by atoms with E-state index in [2.05, 4.69) is 4.72 Å². The van der Waals surface area contributed by atoms with Gasteiger partial charge in [-0.15, -0.1) is 0 Å². The van der Waals surface area contributed by atoms with E-state index in [1.165, 1.54) is 26.4 Å². The summed E-state index contributed by atoms with van der Waals surface area (Å²) in [5, 5.41) is 9.74. The van der Waals surface area contributed by atoms with Crippen molar-refractivity contribution in [3.63, 3.8) is 0 Å². The van der Waals surface area contributed by atoms with E-state index in [1.54, 1.807) is 6.07 Å². The maximum atomic E-state index is 12.3. The van der Waals surface area contributed by atoms with Crippen molar-refractivity contribution in [2.75, 3.05) is 20.8 Å². The van der Waals surface area contributed by atoms with Crippen LogP contribution in [0.3, 0.4) is 0 Å². The lowest BCUT2D eigenvalue weighted by Crippen LogP contribution is -2.33. The number of aliphatic hydroxyl groups is 1. The minimum atomic E-state index is -3.75. The second-order valence-electron chi connectivity index (χ2n) is 4.77. The highest BCUT2D eigenvalue weighted by Crippen LogP contribution is 2.33. The Balaban J connectivity index is 2.18. The SMILES string of the molecule is COc1ccc(OC)c(S(=O)(=O)NCC(O)C2CC2)c1. The molecule has 7 heteroatoms. The highest BCUT2D eigenvalue weighted by molar-refractivity contribution is 7.89. The van der Waals surface area contributed by atoms with Crippen LogP contribution in [0.1, 0.15) is 12.8 Å². The van der Waals surface area contributed by atoms with E-state index in [4.69, 9.17) is 9.47 Å². The number of sulfonamides is 1. The average molecular weight is 301 g/mol. The zero-order chi connectivity index (χ0) is 14.8. The number of methoxy groups -OCH3 is 2. The lowest BCUT2D eigenvalue weighted by molar-refractivity contribution is 0.155. The van der Waals surface area contributed by atoms with Crippen LogP contribution >= 0.6 is 0 Å². The molecule has 0 saturated heterocycles. The Labute approximate surface area is 118 Å². The zero-order valence-corrected chi connectivity index (χ0v) is 12.3. The Morgan fingerprint density at radius 1 is 1.35 bits per heavy atom. The summed E-state index contributed by atoms with van der Waals surface area (Å²) in [6.07, 6.45) is 1.26. The number of ether oxygens (including phenoxy) is 2. The summed E-state index contributed by atoms with van der Waals surface area (Å²) >= 11 is 0. The van der Waals surface area contributed by atoms with Crippen LogP contribution in [0.2, 0.25) is 0 Å². The van der Waals surface area contributed by atoms with Gasteiger partial charge in [-0.1, -0.05) is 0 Å². The molecule has 1 aliphatic rings. The van der Waals surface area contributed by atoms with Crippen molar-refractivity contribution in [3.8, 4) is 11.5 Å². The normalized spacial score (nSPS) is 16.8. The van der Waals surface area contributed by atoms with Crippen molar-refractivity contribution in [2.45, 2.75) is 23.8 Å². The van der Waals surface area contributed by atoms with E-state index in [9.17, 15) is 13.5 Å². The Kier molecular flexibility index (Phi) is 4.52. The Hall–Kier alpha value is -1.31. The van der Waals surface area contributed by atoms with Crippen LogP contribution in [-0.4, -0.2) is 40.4 Å². The van der Waals surface area contributed by atoms with Crippen molar-refractivity contribution in [1.29, 1.82) is 0 Å². The van der Waals surface area contributed by atoms with Gasteiger partial charge in [-0.3, -0.25) is 0 Å². The summed E-state index contributed by atoms with van der Waals surface area (Å²) in [7, 11) is -0.888. The van der Waals surface area contributed by atoms with Gasteiger partial charge in [-0.25, -0.2) is 13.1 Å². The molecule has 2 N–H and O–H groups in total. The van der Waals surface area contributed by atoms with E-state index in [1.807, 2.05) is 0 Å². The molecule has 2 rings (SSSR count). The first-order valence-corrected chi connectivity index (χ1v) is 7.86. The second-order valence-corrected chi connectivity index (χ2v) is 6.51. The van der Waals surface area contributed by atoms with Crippen molar-refractivity contribution in [2.24, 2.45) is 5.92 Å². The first-order chi connectivity index (χ1) is 9.47. The lowest BCUT2D eigenvalue weighted by atomic mass is 10.2. The molecule has 1 aromatic rings. The summed E-state index contributed by atoms with van der Waals surface area (Å²) in [5.41, 5.74) is 0. The summed E-state index contributed by atoms with van der Waals surface area (Å²) < 4.78 is 37.0. The van der Waals surface area contributed by atoms with E-state index in [0.29, 0.717) is 5.75 Å². The Morgan fingerprint density at radius 3 is 2.60 bits per heavy atom. The zero-order valence-electron chi connectivity index (χ0n) is 11.5. The number of rotatable bonds is 7. The fourth-order valence-electron chi connectivity index (χ4n) is 1.91.